The summed E-state index contributed by atoms with van der Waals surface area (Å²) in [5.41, 5.74) is -1.82. The van der Waals surface area contributed by atoms with Crippen LogP contribution in [0.1, 0.15) is 43.0 Å². The number of ether oxygens (including phenoxy) is 1. The number of halogens is 4. The lowest BCUT2D eigenvalue weighted by molar-refractivity contribution is -0.152. The van der Waals surface area contributed by atoms with Crippen molar-refractivity contribution in [3.8, 4) is 0 Å². The SMILES string of the molecule is CC(=O)OC[C@]1(O)CC2CC[C@@H](C1)[C@@H]2S(=O)(=O)c1cc(C(=O)Nc2cc(F)c(F)c(F)c2)ccc1Cl. The van der Waals surface area contributed by atoms with Gasteiger partial charge in [-0.3, -0.25) is 9.59 Å². The molecule has 0 aromatic heterocycles. The lowest BCUT2D eigenvalue weighted by Gasteiger charge is -2.40. The molecule has 4 rings (SSSR count). The fourth-order valence-electron chi connectivity index (χ4n) is 5.34. The van der Waals surface area contributed by atoms with Crippen LogP contribution >= 0.6 is 11.6 Å². The zero-order valence-corrected chi connectivity index (χ0v) is 20.6. The summed E-state index contributed by atoms with van der Waals surface area (Å²) in [6.45, 7) is 1.01. The van der Waals surface area contributed by atoms with Gasteiger partial charge in [0.15, 0.2) is 27.3 Å². The van der Waals surface area contributed by atoms with Crippen molar-refractivity contribution in [2.75, 3.05) is 11.9 Å². The van der Waals surface area contributed by atoms with Crippen molar-refractivity contribution in [2.24, 2.45) is 11.8 Å². The maximum Gasteiger partial charge on any atom is 0.302 e. The minimum atomic E-state index is -4.06. The van der Waals surface area contributed by atoms with Gasteiger partial charge in [-0.1, -0.05) is 11.6 Å². The van der Waals surface area contributed by atoms with Crippen LogP contribution in [0.4, 0.5) is 18.9 Å². The van der Waals surface area contributed by atoms with Gasteiger partial charge in [0, 0.05) is 30.3 Å². The third-order valence-corrected chi connectivity index (χ3v) is 9.64. The zero-order valence-electron chi connectivity index (χ0n) is 19.1. The summed E-state index contributed by atoms with van der Waals surface area (Å²) in [6, 6.07) is 4.76. The number of nitrogens with one attached hydrogen (secondary N) is 1. The van der Waals surface area contributed by atoms with E-state index in [1.165, 1.54) is 19.1 Å². The zero-order chi connectivity index (χ0) is 26.4. The van der Waals surface area contributed by atoms with E-state index >= 15 is 0 Å². The molecule has 12 heteroatoms. The second-order valence-corrected chi connectivity index (χ2v) is 11.9. The average molecular weight is 546 g/mol. The highest BCUT2D eigenvalue weighted by Gasteiger charge is 2.54. The largest absolute Gasteiger partial charge is 0.463 e. The van der Waals surface area contributed by atoms with Crippen molar-refractivity contribution in [3.05, 3.63) is 58.4 Å². The lowest BCUT2D eigenvalue weighted by Crippen LogP contribution is -2.48. The first kappa shape index (κ1) is 26.4. The van der Waals surface area contributed by atoms with Gasteiger partial charge in [0.2, 0.25) is 0 Å². The number of aliphatic hydroxyl groups is 1. The Bertz CT molecular complexity index is 1300. The minimum absolute atomic E-state index is 0.106. The molecule has 2 aliphatic rings. The molecule has 4 atom stereocenters. The van der Waals surface area contributed by atoms with E-state index in [0.29, 0.717) is 25.0 Å². The smallest absolute Gasteiger partial charge is 0.302 e. The lowest BCUT2D eigenvalue weighted by atomic mass is 9.77. The van der Waals surface area contributed by atoms with Gasteiger partial charge in [-0.25, -0.2) is 21.6 Å². The van der Waals surface area contributed by atoms with Crippen LogP contribution in [-0.2, 0) is 19.4 Å². The Morgan fingerprint density at radius 1 is 1.11 bits per heavy atom. The summed E-state index contributed by atoms with van der Waals surface area (Å²) in [7, 11) is -4.06. The molecule has 2 aromatic rings. The van der Waals surface area contributed by atoms with E-state index in [1.807, 2.05) is 0 Å². The number of amides is 1. The molecule has 7 nitrogen and oxygen atoms in total. The Morgan fingerprint density at radius 2 is 1.69 bits per heavy atom. The molecule has 0 saturated heterocycles. The summed E-state index contributed by atoms with van der Waals surface area (Å²) >= 11 is 6.22. The summed E-state index contributed by atoms with van der Waals surface area (Å²) in [4.78, 5) is 23.6. The van der Waals surface area contributed by atoms with Crippen molar-refractivity contribution >= 4 is 39.0 Å². The Kier molecular flexibility index (Phi) is 7.11. The molecule has 2 aliphatic carbocycles. The molecule has 0 heterocycles. The summed E-state index contributed by atoms with van der Waals surface area (Å²) in [5, 5.41) is 12.1. The molecule has 0 radical (unpaired) electrons. The molecular formula is C24H23ClF3NO6S. The Balaban J connectivity index is 1.59. The fraction of sp³-hybridized carbons (Fsp3) is 0.417. The molecule has 0 spiro atoms. The molecule has 2 N–H and O–H groups in total. The van der Waals surface area contributed by atoms with Crippen LogP contribution in [0.15, 0.2) is 35.2 Å². The molecule has 36 heavy (non-hydrogen) atoms. The summed E-state index contributed by atoms with van der Waals surface area (Å²) < 4.78 is 72.5. The van der Waals surface area contributed by atoms with Crippen LogP contribution in [0.3, 0.4) is 0 Å². The van der Waals surface area contributed by atoms with E-state index in [2.05, 4.69) is 5.32 Å². The maximum absolute atomic E-state index is 13.7. The van der Waals surface area contributed by atoms with Crippen LogP contribution < -0.4 is 5.32 Å². The van der Waals surface area contributed by atoms with Gasteiger partial charge in [-0.2, -0.15) is 0 Å². The van der Waals surface area contributed by atoms with Crippen molar-refractivity contribution < 1.29 is 41.0 Å². The van der Waals surface area contributed by atoms with Gasteiger partial charge in [0.05, 0.1) is 20.8 Å². The highest BCUT2D eigenvalue weighted by Crippen LogP contribution is 2.51. The topological polar surface area (TPSA) is 110 Å². The molecule has 2 saturated carbocycles. The normalized spacial score (nSPS) is 25.4. The van der Waals surface area contributed by atoms with Gasteiger partial charge < -0.3 is 15.2 Å². The molecule has 0 aliphatic heterocycles. The monoisotopic (exact) mass is 545 g/mol. The standard InChI is InChI=1S/C24H23ClF3NO6S/c1-12(30)35-11-24(32)9-14-2-3-15(10-24)22(14)36(33,34)20-6-13(4-5-17(20)25)23(31)29-16-7-18(26)21(28)19(27)8-16/h4-8,14-15,22,32H,2-3,9-11H2,1H3,(H,29,31)/t14-,15?,22-,24+/m0/s1. The molecule has 1 amide bonds. The summed E-state index contributed by atoms with van der Waals surface area (Å²) in [5.74, 6) is -6.91. The van der Waals surface area contributed by atoms with Crippen LogP contribution in [0, 0.1) is 29.3 Å². The van der Waals surface area contributed by atoms with Crippen molar-refractivity contribution in [2.45, 2.75) is 48.4 Å². The minimum Gasteiger partial charge on any atom is -0.463 e. The third kappa shape index (κ3) is 5.09. The maximum atomic E-state index is 13.7. The number of benzene rings is 2. The molecular weight excluding hydrogens is 523 g/mol. The van der Waals surface area contributed by atoms with Gasteiger partial charge in [0.25, 0.3) is 5.91 Å². The van der Waals surface area contributed by atoms with Gasteiger partial charge in [-0.05, 0) is 55.7 Å². The van der Waals surface area contributed by atoms with Crippen molar-refractivity contribution in [1.29, 1.82) is 0 Å². The quantitative estimate of drug-likeness (QED) is 0.414. The number of esters is 1. The second-order valence-electron chi connectivity index (χ2n) is 9.37. The van der Waals surface area contributed by atoms with E-state index in [1.54, 1.807) is 0 Å². The number of sulfone groups is 1. The fourth-order valence-corrected chi connectivity index (χ4v) is 8.18. The number of anilines is 1. The van der Waals surface area contributed by atoms with E-state index < -0.39 is 61.9 Å². The molecule has 2 fully saturated rings. The molecule has 2 bridgehead atoms. The average Bonchev–Trinajstić information content (AvgIpc) is 3.09. The first-order chi connectivity index (χ1) is 16.8. The first-order valence-corrected chi connectivity index (χ1v) is 13.1. The predicted octanol–water partition coefficient (Wildman–Crippen LogP) is 4.27. The number of carbonyl (C=O) groups is 2. The molecule has 194 valence electrons. The number of hydrogen-bond acceptors (Lipinski definition) is 6. The number of hydrogen-bond donors (Lipinski definition) is 2. The van der Waals surface area contributed by atoms with Gasteiger partial charge in [0.1, 0.15) is 6.61 Å². The van der Waals surface area contributed by atoms with E-state index in [-0.39, 0.29) is 40.6 Å². The van der Waals surface area contributed by atoms with Crippen molar-refractivity contribution in [1.82, 2.24) is 0 Å². The van der Waals surface area contributed by atoms with E-state index in [0.717, 1.165) is 6.07 Å². The van der Waals surface area contributed by atoms with E-state index in [9.17, 15) is 36.3 Å². The molecule has 1 unspecified atom stereocenters. The highest BCUT2D eigenvalue weighted by molar-refractivity contribution is 7.92. The van der Waals surface area contributed by atoms with Gasteiger partial charge >= 0.3 is 5.97 Å². The number of rotatable bonds is 6. The number of carbonyl (C=O) groups excluding carboxylic acids is 2. The molecule has 2 aromatic carbocycles. The Morgan fingerprint density at radius 3 is 2.25 bits per heavy atom. The first-order valence-electron chi connectivity index (χ1n) is 11.2. The number of fused-ring (bicyclic) bond motifs is 2. The van der Waals surface area contributed by atoms with Gasteiger partial charge in [-0.15, -0.1) is 0 Å². The third-order valence-electron chi connectivity index (χ3n) is 6.77. The van der Waals surface area contributed by atoms with Crippen LogP contribution in [-0.4, -0.2) is 42.9 Å². The Labute approximate surface area is 210 Å². The highest BCUT2D eigenvalue weighted by atomic mass is 35.5. The summed E-state index contributed by atoms with van der Waals surface area (Å²) in [6.07, 6.45) is 1.35. The van der Waals surface area contributed by atoms with Crippen LogP contribution in [0.2, 0.25) is 5.02 Å². The predicted molar refractivity (Wildman–Crippen MR) is 124 cm³/mol. The van der Waals surface area contributed by atoms with E-state index in [4.69, 9.17) is 16.3 Å². The Hall–Kier alpha value is -2.63. The van der Waals surface area contributed by atoms with Crippen LogP contribution in [0.25, 0.3) is 0 Å². The van der Waals surface area contributed by atoms with Crippen LogP contribution in [0.5, 0.6) is 0 Å². The second kappa shape index (κ2) is 9.68. The van der Waals surface area contributed by atoms with Crippen molar-refractivity contribution in [3.63, 3.8) is 0 Å².